The second-order valence-corrected chi connectivity index (χ2v) is 5.05. The molecule has 0 bridgehead atoms. The lowest BCUT2D eigenvalue weighted by molar-refractivity contribution is -0.136. The molecule has 5 heteroatoms. The van der Waals surface area contributed by atoms with Gasteiger partial charge in [-0.3, -0.25) is 9.59 Å². The van der Waals surface area contributed by atoms with Crippen LogP contribution in [0.25, 0.3) is 0 Å². The van der Waals surface area contributed by atoms with Crippen molar-refractivity contribution in [3.63, 3.8) is 0 Å². The summed E-state index contributed by atoms with van der Waals surface area (Å²) < 4.78 is 0. The molecule has 1 aliphatic heterocycles. The van der Waals surface area contributed by atoms with Crippen LogP contribution in [0, 0.1) is 17.2 Å². The third kappa shape index (κ3) is 3.35. The zero-order valence-electron chi connectivity index (χ0n) is 11.4. The standard InChI is InChI=1S/C15H17N3O2/c1-18(10-12-4-2-3-11(7-12)8-16)15(20)13-5-6-14(19)17-9-13/h2-4,7,13H,5-6,9-10H2,1H3,(H,17,19). The van der Waals surface area contributed by atoms with Gasteiger partial charge in [-0.05, 0) is 24.1 Å². The average molecular weight is 271 g/mol. The number of amides is 2. The molecule has 0 aliphatic carbocycles. The van der Waals surface area contributed by atoms with Crippen LogP contribution in [0.5, 0.6) is 0 Å². The number of piperidine rings is 1. The molecule has 0 saturated carbocycles. The van der Waals surface area contributed by atoms with E-state index < -0.39 is 0 Å². The van der Waals surface area contributed by atoms with E-state index in [1.54, 1.807) is 24.1 Å². The highest BCUT2D eigenvalue weighted by Crippen LogP contribution is 2.15. The van der Waals surface area contributed by atoms with Crippen molar-refractivity contribution < 1.29 is 9.59 Å². The molecule has 1 aliphatic rings. The van der Waals surface area contributed by atoms with E-state index in [0.717, 1.165) is 5.56 Å². The molecule has 1 atom stereocenters. The fraction of sp³-hybridized carbons (Fsp3) is 0.400. The normalized spacial score (nSPS) is 18.0. The number of nitriles is 1. The first kappa shape index (κ1) is 14.1. The van der Waals surface area contributed by atoms with Gasteiger partial charge in [0.05, 0.1) is 17.6 Å². The van der Waals surface area contributed by atoms with E-state index in [1.165, 1.54) is 0 Å². The van der Waals surface area contributed by atoms with Gasteiger partial charge >= 0.3 is 0 Å². The van der Waals surface area contributed by atoms with Gasteiger partial charge in [0.2, 0.25) is 11.8 Å². The van der Waals surface area contributed by atoms with Crippen molar-refractivity contribution in [2.24, 2.45) is 5.92 Å². The summed E-state index contributed by atoms with van der Waals surface area (Å²) in [6.07, 6.45) is 1.02. The summed E-state index contributed by atoms with van der Waals surface area (Å²) in [7, 11) is 1.75. The maximum atomic E-state index is 12.3. The monoisotopic (exact) mass is 271 g/mol. The first-order valence-electron chi connectivity index (χ1n) is 6.61. The quantitative estimate of drug-likeness (QED) is 0.892. The van der Waals surface area contributed by atoms with Crippen LogP contribution in [0.15, 0.2) is 24.3 Å². The summed E-state index contributed by atoms with van der Waals surface area (Å²) in [6, 6.07) is 9.32. The number of hydrogen-bond acceptors (Lipinski definition) is 3. The van der Waals surface area contributed by atoms with E-state index in [1.807, 2.05) is 12.1 Å². The van der Waals surface area contributed by atoms with Crippen LogP contribution in [0.2, 0.25) is 0 Å². The predicted molar refractivity (Wildman–Crippen MR) is 73.4 cm³/mol. The van der Waals surface area contributed by atoms with Crippen molar-refractivity contribution in [3.8, 4) is 6.07 Å². The van der Waals surface area contributed by atoms with Crippen molar-refractivity contribution in [3.05, 3.63) is 35.4 Å². The summed E-state index contributed by atoms with van der Waals surface area (Å²) in [6.45, 7) is 0.888. The second-order valence-electron chi connectivity index (χ2n) is 5.05. The van der Waals surface area contributed by atoms with Gasteiger partial charge in [0.25, 0.3) is 0 Å². The van der Waals surface area contributed by atoms with Gasteiger partial charge in [-0.2, -0.15) is 5.26 Å². The van der Waals surface area contributed by atoms with Crippen molar-refractivity contribution in [2.75, 3.05) is 13.6 Å². The molecule has 0 spiro atoms. The van der Waals surface area contributed by atoms with Crippen LogP contribution in [-0.2, 0) is 16.1 Å². The van der Waals surface area contributed by atoms with E-state index in [0.29, 0.717) is 31.5 Å². The van der Waals surface area contributed by atoms with Crippen molar-refractivity contribution in [1.29, 1.82) is 5.26 Å². The van der Waals surface area contributed by atoms with E-state index >= 15 is 0 Å². The van der Waals surface area contributed by atoms with E-state index in [-0.39, 0.29) is 17.7 Å². The number of carbonyl (C=O) groups excluding carboxylic acids is 2. The number of rotatable bonds is 3. The minimum Gasteiger partial charge on any atom is -0.355 e. The highest BCUT2D eigenvalue weighted by molar-refractivity contribution is 5.83. The molecule has 1 fully saturated rings. The lowest BCUT2D eigenvalue weighted by Crippen LogP contribution is -2.43. The van der Waals surface area contributed by atoms with Crippen molar-refractivity contribution in [2.45, 2.75) is 19.4 Å². The van der Waals surface area contributed by atoms with Crippen LogP contribution in [0.3, 0.4) is 0 Å². The van der Waals surface area contributed by atoms with E-state index in [2.05, 4.69) is 11.4 Å². The molecule has 20 heavy (non-hydrogen) atoms. The highest BCUT2D eigenvalue weighted by Gasteiger charge is 2.26. The molecular formula is C15H17N3O2. The van der Waals surface area contributed by atoms with Crippen molar-refractivity contribution in [1.82, 2.24) is 10.2 Å². The minimum absolute atomic E-state index is 0.0124. The number of carbonyl (C=O) groups is 2. The Kier molecular flexibility index (Phi) is 4.36. The Labute approximate surface area is 118 Å². The lowest BCUT2D eigenvalue weighted by Gasteiger charge is -2.26. The molecule has 5 nitrogen and oxygen atoms in total. The van der Waals surface area contributed by atoms with Crippen LogP contribution in [0.1, 0.15) is 24.0 Å². The number of nitrogens with one attached hydrogen (secondary N) is 1. The van der Waals surface area contributed by atoms with Gasteiger partial charge < -0.3 is 10.2 Å². The smallest absolute Gasteiger partial charge is 0.227 e. The van der Waals surface area contributed by atoms with Gasteiger partial charge in [0, 0.05) is 26.6 Å². The SMILES string of the molecule is CN(Cc1cccc(C#N)c1)C(=O)C1CCC(=O)NC1. The Morgan fingerprint density at radius 1 is 1.55 bits per heavy atom. The molecule has 0 radical (unpaired) electrons. The Morgan fingerprint density at radius 3 is 3.00 bits per heavy atom. The molecule has 104 valence electrons. The number of nitrogens with zero attached hydrogens (tertiary/aromatic N) is 2. The zero-order valence-corrected chi connectivity index (χ0v) is 11.4. The van der Waals surface area contributed by atoms with Crippen LogP contribution < -0.4 is 5.32 Å². The largest absolute Gasteiger partial charge is 0.355 e. The average Bonchev–Trinajstić information content (AvgIpc) is 2.47. The summed E-state index contributed by atoms with van der Waals surface area (Å²) in [5.41, 5.74) is 1.52. The topological polar surface area (TPSA) is 73.2 Å². The molecule has 1 saturated heterocycles. The third-order valence-corrected chi connectivity index (χ3v) is 3.47. The van der Waals surface area contributed by atoms with Gasteiger partial charge in [-0.1, -0.05) is 12.1 Å². The van der Waals surface area contributed by atoms with Gasteiger partial charge in [0.1, 0.15) is 0 Å². The minimum atomic E-state index is -0.142. The molecular weight excluding hydrogens is 254 g/mol. The molecule has 1 N–H and O–H groups in total. The van der Waals surface area contributed by atoms with Crippen molar-refractivity contribution >= 4 is 11.8 Å². The molecule has 1 heterocycles. The molecule has 1 aromatic rings. The van der Waals surface area contributed by atoms with Crippen LogP contribution in [0.4, 0.5) is 0 Å². The van der Waals surface area contributed by atoms with Gasteiger partial charge in [-0.25, -0.2) is 0 Å². The summed E-state index contributed by atoms with van der Waals surface area (Å²) in [5, 5.41) is 11.6. The number of hydrogen-bond donors (Lipinski definition) is 1. The number of benzene rings is 1. The fourth-order valence-electron chi connectivity index (χ4n) is 2.35. The molecule has 2 rings (SSSR count). The molecule has 0 aromatic heterocycles. The zero-order chi connectivity index (χ0) is 14.5. The maximum absolute atomic E-state index is 12.3. The van der Waals surface area contributed by atoms with Gasteiger partial charge in [-0.15, -0.1) is 0 Å². The Balaban J connectivity index is 1.97. The molecule has 1 aromatic carbocycles. The van der Waals surface area contributed by atoms with E-state index in [4.69, 9.17) is 5.26 Å². The first-order chi connectivity index (χ1) is 9.60. The fourth-order valence-corrected chi connectivity index (χ4v) is 2.35. The Bertz CT molecular complexity index is 552. The predicted octanol–water partition coefficient (Wildman–Crippen LogP) is 1.04. The second kappa shape index (κ2) is 6.20. The maximum Gasteiger partial charge on any atom is 0.227 e. The van der Waals surface area contributed by atoms with Crippen LogP contribution in [-0.4, -0.2) is 30.3 Å². The summed E-state index contributed by atoms with van der Waals surface area (Å²) in [4.78, 5) is 25.0. The van der Waals surface area contributed by atoms with Gasteiger partial charge in [0.15, 0.2) is 0 Å². The molecule has 1 unspecified atom stereocenters. The Morgan fingerprint density at radius 2 is 2.35 bits per heavy atom. The first-order valence-corrected chi connectivity index (χ1v) is 6.61. The molecule has 2 amide bonds. The third-order valence-electron chi connectivity index (χ3n) is 3.47. The van der Waals surface area contributed by atoms with E-state index in [9.17, 15) is 9.59 Å². The van der Waals surface area contributed by atoms with Crippen LogP contribution >= 0.6 is 0 Å². The Hall–Kier alpha value is -2.35. The summed E-state index contributed by atoms with van der Waals surface area (Å²) >= 11 is 0. The summed E-state index contributed by atoms with van der Waals surface area (Å²) in [5.74, 6) is -0.0948. The lowest BCUT2D eigenvalue weighted by atomic mass is 9.97. The highest BCUT2D eigenvalue weighted by atomic mass is 16.2.